The molecule has 5 heteroatoms. The molecule has 2 aliphatic heterocycles. The molecule has 1 aromatic heterocycles. The number of aromatic nitrogens is 1. The van der Waals surface area contributed by atoms with Crippen molar-refractivity contribution in [2.45, 2.75) is 63.5 Å². The van der Waals surface area contributed by atoms with Gasteiger partial charge < -0.3 is 4.90 Å². The van der Waals surface area contributed by atoms with Crippen molar-refractivity contribution < 1.29 is 4.79 Å². The van der Waals surface area contributed by atoms with Gasteiger partial charge in [0.15, 0.2) is 0 Å². The summed E-state index contributed by atoms with van der Waals surface area (Å²) in [7, 11) is 0. The number of halogens is 1. The molecule has 1 saturated heterocycles. The lowest BCUT2D eigenvalue weighted by atomic mass is 9.82. The third-order valence-electron chi connectivity index (χ3n) is 7.04. The average Bonchev–Trinajstić information content (AvgIpc) is 2.95. The van der Waals surface area contributed by atoms with Gasteiger partial charge in [0.1, 0.15) is 0 Å². The Morgan fingerprint density at radius 1 is 1.12 bits per heavy atom. The molecule has 1 amide bonds. The van der Waals surface area contributed by atoms with Gasteiger partial charge in [0, 0.05) is 35.8 Å². The fraction of sp³-hybridized carbons (Fsp3) is 0.700. The summed E-state index contributed by atoms with van der Waals surface area (Å²) in [5, 5.41) is 0. The quantitative estimate of drug-likeness (QED) is 0.754. The lowest BCUT2D eigenvalue weighted by molar-refractivity contribution is -0.123. The summed E-state index contributed by atoms with van der Waals surface area (Å²) in [6.45, 7) is 6.59. The van der Waals surface area contributed by atoms with E-state index in [2.05, 4.69) is 36.8 Å². The molecule has 2 aliphatic carbocycles. The van der Waals surface area contributed by atoms with E-state index in [9.17, 15) is 4.79 Å². The molecule has 134 valence electrons. The van der Waals surface area contributed by atoms with Gasteiger partial charge in [0.25, 0.3) is 0 Å². The minimum absolute atomic E-state index is 0.218. The molecule has 3 heterocycles. The van der Waals surface area contributed by atoms with Crippen LogP contribution >= 0.6 is 15.9 Å². The van der Waals surface area contributed by atoms with Crippen molar-refractivity contribution >= 4 is 27.5 Å². The lowest BCUT2D eigenvalue weighted by Gasteiger charge is -2.49. The van der Waals surface area contributed by atoms with Gasteiger partial charge in [0.05, 0.1) is 16.8 Å². The van der Waals surface area contributed by atoms with Crippen molar-refractivity contribution in [3.63, 3.8) is 0 Å². The zero-order valence-electron chi connectivity index (χ0n) is 15.0. The molecular formula is C20H26BrN3O. The largest absolute Gasteiger partial charge is 0.307 e. The zero-order valence-corrected chi connectivity index (χ0v) is 16.6. The first-order chi connectivity index (χ1) is 11.9. The predicted octanol–water partition coefficient (Wildman–Crippen LogP) is 3.73. The summed E-state index contributed by atoms with van der Waals surface area (Å²) in [5.74, 6) is 2.09. The lowest BCUT2D eigenvalue weighted by Crippen LogP contribution is -2.58. The van der Waals surface area contributed by atoms with Crippen molar-refractivity contribution in [2.24, 2.45) is 11.8 Å². The highest BCUT2D eigenvalue weighted by Gasteiger charge is 2.51. The minimum Gasteiger partial charge on any atom is -0.307 e. The van der Waals surface area contributed by atoms with Crippen LogP contribution in [0.5, 0.6) is 0 Å². The van der Waals surface area contributed by atoms with Crippen molar-refractivity contribution in [2.75, 3.05) is 18.0 Å². The molecule has 4 aliphatic rings. The molecule has 1 aromatic rings. The van der Waals surface area contributed by atoms with Crippen LogP contribution in [0.3, 0.4) is 0 Å². The molecule has 2 saturated carbocycles. The number of amides is 1. The first kappa shape index (κ1) is 16.2. The van der Waals surface area contributed by atoms with E-state index >= 15 is 0 Å². The smallest absolute Gasteiger partial charge is 0.239 e. The second-order valence-electron chi connectivity index (χ2n) is 9.10. The van der Waals surface area contributed by atoms with Gasteiger partial charge in [-0.25, -0.2) is 0 Å². The van der Waals surface area contributed by atoms with Crippen LogP contribution < -0.4 is 4.90 Å². The number of rotatable bonds is 2. The van der Waals surface area contributed by atoms with Crippen molar-refractivity contribution in [1.29, 1.82) is 0 Å². The summed E-state index contributed by atoms with van der Waals surface area (Å²) >= 11 is 3.52. The van der Waals surface area contributed by atoms with Crippen LogP contribution in [-0.4, -0.2) is 41.0 Å². The number of carbonyl (C=O) groups excluding carboxylic acids is 1. The SMILES string of the molecule is CC1(C)C(=O)N(C2CC(N3CC4CCC(C4)C3)C2)c2cc(Br)cnc21. The molecule has 0 radical (unpaired) electrons. The van der Waals surface area contributed by atoms with Gasteiger partial charge in [-0.1, -0.05) is 0 Å². The topological polar surface area (TPSA) is 36.4 Å². The molecule has 2 unspecified atom stereocenters. The summed E-state index contributed by atoms with van der Waals surface area (Å²) in [5.41, 5.74) is 1.44. The standard InChI is InChI=1S/C20H26BrN3O/c1-20(2)18-17(6-14(21)9-22-18)24(19(20)25)16-7-15(8-16)23-10-12-3-4-13(5-12)11-23/h6,9,12-13,15-16H,3-5,7-8,10-11H2,1-2H3. The van der Waals surface area contributed by atoms with Crippen molar-refractivity contribution in [3.8, 4) is 0 Å². The van der Waals surface area contributed by atoms with Crippen LogP contribution in [0.2, 0.25) is 0 Å². The Bertz CT molecular complexity index is 716. The van der Waals surface area contributed by atoms with E-state index in [1.165, 1.54) is 32.4 Å². The van der Waals surface area contributed by atoms with Crippen LogP contribution in [-0.2, 0) is 10.2 Å². The third kappa shape index (κ3) is 2.42. The van der Waals surface area contributed by atoms with E-state index in [1.54, 1.807) is 0 Å². The molecule has 3 fully saturated rings. The molecule has 4 nitrogen and oxygen atoms in total. The molecule has 2 atom stereocenters. The number of piperidine rings is 1. The van der Waals surface area contributed by atoms with Crippen molar-refractivity contribution in [3.05, 3.63) is 22.4 Å². The molecule has 25 heavy (non-hydrogen) atoms. The third-order valence-corrected chi connectivity index (χ3v) is 7.48. The van der Waals surface area contributed by atoms with E-state index in [0.717, 1.165) is 40.5 Å². The van der Waals surface area contributed by atoms with Gasteiger partial charge in [0.2, 0.25) is 5.91 Å². The molecule has 2 bridgehead atoms. The normalized spacial score (nSPS) is 36.4. The molecule has 0 aromatic carbocycles. The minimum atomic E-state index is -0.509. The van der Waals surface area contributed by atoms with Gasteiger partial charge in [-0.15, -0.1) is 0 Å². The highest BCUT2D eigenvalue weighted by atomic mass is 79.9. The maximum absolute atomic E-state index is 13.1. The van der Waals surface area contributed by atoms with Crippen LogP contribution in [0.1, 0.15) is 51.6 Å². The van der Waals surface area contributed by atoms with Gasteiger partial charge in [-0.3, -0.25) is 14.7 Å². The molecule has 5 rings (SSSR count). The number of pyridine rings is 1. The number of anilines is 1. The monoisotopic (exact) mass is 403 g/mol. The highest BCUT2D eigenvalue weighted by Crippen LogP contribution is 2.47. The van der Waals surface area contributed by atoms with Crippen LogP contribution in [0.4, 0.5) is 5.69 Å². The predicted molar refractivity (Wildman–Crippen MR) is 102 cm³/mol. The second-order valence-corrected chi connectivity index (χ2v) is 10.0. The summed E-state index contributed by atoms with van der Waals surface area (Å²) in [4.78, 5) is 22.4. The van der Waals surface area contributed by atoms with E-state index in [0.29, 0.717) is 12.1 Å². The number of fused-ring (bicyclic) bond motifs is 3. The number of carbonyl (C=O) groups is 1. The Morgan fingerprint density at radius 3 is 2.48 bits per heavy atom. The number of hydrogen-bond acceptors (Lipinski definition) is 3. The Balaban J connectivity index is 1.34. The number of nitrogens with zero attached hydrogens (tertiary/aromatic N) is 3. The maximum atomic E-state index is 13.1. The van der Waals surface area contributed by atoms with E-state index in [1.807, 2.05) is 20.0 Å². The number of likely N-dealkylation sites (tertiary alicyclic amines) is 1. The van der Waals surface area contributed by atoms with Gasteiger partial charge >= 0.3 is 0 Å². The average molecular weight is 404 g/mol. The van der Waals surface area contributed by atoms with Crippen LogP contribution in [0, 0.1) is 11.8 Å². The number of hydrogen-bond donors (Lipinski definition) is 0. The van der Waals surface area contributed by atoms with E-state index in [-0.39, 0.29) is 5.91 Å². The zero-order chi connectivity index (χ0) is 17.3. The first-order valence-corrected chi connectivity index (χ1v) is 10.5. The Hall–Kier alpha value is -0.940. The fourth-order valence-corrected chi connectivity index (χ4v) is 5.90. The Morgan fingerprint density at radius 2 is 1.80 bits per heavy atom. The Kier molecular flexibility index (Phi) is 3.59. The van der Waals surface area contributed by atoms with Crippen molar-refractivity contribution in [1.82, 2.24) is 9.88 Å². The van der Waals surface area contributed by atoms with E-state index < -0.39 is 5.41 Å². The van der Waals surface area contributed by atoms with Crippen LogP contribution in [0.25, 0.3) is 0 Å². The molecular weight excluding hydrogens is 378 g/mol. The fourth-order valence-electron chi connectivity index (χ4n) is 5.58. The Labute approximate surface area is 158 Å². The second kappa shape index (κ2) is 5.53. The van der Waals surface area contributed by atoms with Gasteiger partial charge in [-0.2, -0.15) is 0 Å². The van der Waals surface area contributed by atoms with Crippen LogP contribution in [0.15, 0.2) is 16.7 Å². The summed E-state index contributed by atoms with van der Waals surface area (Å²) in [6, 6.07) is 3.09. The summed E-state index contributed by atoms with van der Waals surface area (Å²) in [6.07, 6.45) is 8.37. The molecule has 0 spiro atoms. The maximum Gasteiger partial charge on any atom is 0.239 e. The van der Waals surface area contributed by atoms with E-state index in [4.69, 9.17) is 0 Å². The van der Waals surface area contributed by atoms with Gasteiger partial charge in [-0.05, 0) is 79.8 Å². The first-order valence-electron chi connectivity index (χ1n) is 9.67. The molecule has 0 N–H and O–H groups in total. The highest BCUT2D eigenvalue weighted by molar-refractivity contribution is 9.10. The summed E-state index contributed by atoms with van der Waals surface area (Å²) < 4.78 is 0.949.